The molecule has 2 aliphatic rings. The molecule has 0 amide bonds. The number of oxime groups is 1. The number of ketones is 1. The second kappa shape index (κ2) is 6.68. The third-order valence-corrected chi connectivity index (χ3v) is 5.25. The molecule has 1 heterocycles. The van der Waals surface area contributed by atoms with Gasteiger partial charge in [0, 0.05) is 16.8 Å². The van der Waals surface area contributed by atoms with Gasteiger partial charge in [-0.2, -0.15) is 13.2 Å². The van der Waals surface area contributed by atoms with Gasteiger partial charge in [-0.25, -0.2) is 0 Å². The Kier molecular flexibility index (Phi) is 4.85. The highest BCUT2D eigenvalue weighted by molar-refractivity contribution is 9.08. The fourth-order valence-corrected chi connectivity index (χ4v) is 3.60. The van der Waals surface area contributed by atoms with Crippen LogP contribution in [0.1, 0.15) is 34.3 Å². The highest BCUT2D eigenvalue weighted by Gasteiger charge is 2.62. The lowest BCUT2D eigenvalue weighted by Crippen LogP contribution is -2.50. The van der Waals surface area contributed by atoms with Gasteiger partial charge in [0.25, 0.3) is 0 Å². The first kappa shape index (κ1) is 18.9. The molecule has 9 heteroatoms. The van der Waals surface area contributed by atoms with Gasteiger partial charge in [0.15, 0.2) is 11.9 Å². The molecule has 3 rings (SSSR count). The molecule has 26 heavy (non-hydrogen) atoms. The van der Waals surface area contributed by atoms with E-state index in [4.69, 9.17) is 9.57 Å². The van der Waals surface area contributed by atoms with Gasteiger partial charge in [-0.1, -0.05) is 27.2 Å². The van der Waals surface area contributed by atoms with Crippen LogP contribution in [0, 0.1) is 11.3 Å². The summed E-state index contributed by atoms with van der Waals surface area (Å²) in [6.07, 6.45) is -2.68. The summed E-state index contributed by atoms with van der Waals surface area (Å²) in [5.74, 6) is -1.53. The summed E-state index contributed by atoms with van der Waals surface area (Å²) in [6.45, 7) is 0. The maximum absolute atomic E-state index is 13.3. The summed E-state index contributed by atoms with van der Waals surface area (Å²) in [6, 6.07) is 2.80. The summed E-state index contributed by atoms with van der Waals surface area (Å²) in [4.78, 5) is 31.1. The molecule has 140 valence electrons. The maximum Gasteiger partial charge on any atom is 0.416 e. The molecule has 0 bridgehead atoms. The monoisotopic (exact) mass is 433 g/mol. The number of hydrogen-bond donors (Lipinski definition) is 0. The first-order chi connectivity index (χ1) is 12.3. The van der Waals surface area contributed by atoms with E-state index in [0.29, 0.717) is 0 Å². The number of hydrogen-bond acceptors (Lipinski definition) is 5. The quantitative estimate of drug-likeness (QED) is 0.307. The lowest BCUT2D eigenvalue weighted by Gasteiger charge is -2.28. The van der Waals surface area contributed by atoms with Crippen molar-refractivity contribution in [1.29, 1.82) is 0 Å². The number of alkyl halides is 4. The zero-order valence-electron chi connectivity index (χ0n) is 13.7. The Hall–Kier alpha value is -1.90. The first-order valence-electron chi connectivity index (χ1n) is 7.85. The lowest BCUT2D eigenvalue weighted by atomic mass is 9.74. The minimum absolute atomic E-state index is 0.00266. The molecule has 0 radical (unpaired) electrons. The smallest absolute Gasteiger partial charge is 0.416 e. The molecule has 1 saturated carbocycles. The van der Waals surface area contributed by atoms with Crippen molar-refractivity contribution in [2.45, 2.75) is 30.5 Å². The Morgan fingerprint density at radius 1 is 1.38 bits per heavy atom. The van der Waals surface area contributed by atoms with Gasteiger partial charge in [0.1, 0.15) is 0 Å². The first-order valence-corrected chi connectivity index (χ1v) is 8.97. The minimum Gasteiger partial charge on any atom is -0.468 e. The van der Waals surface area contributed by atoms with E-state index in [2.05, 4.69) is 21.1 Å². The van der Waals surface area contributed by atoms with Gasteiger partial charge in [0.2, 0.25) is 5.41 Å². The summed E-state index contributed by atoms with van der Waals surface area (Å²) in [5.41, 5.74) is -2.52. The van der Waals surface area contributed by atoms with Crippen LogP contribution in [-0.4, -0.2) is 31.2 Å². The molecular formula is C17H15BrF3NO4. The number of esters is 1. The summed E-state index contributed by atoms with van der Waals surface area (Å²) >= 11 is 3.11. The number of ether oxygens (including phenoxy) is 1. The normalized spacial score (nSPS) is 25.0. The van der Waals surface area contributed by atoms with Gasteiger partial charge in [0.05, 0.1) is 18.9 Å². The number of rotatable bonds is 5. The Morgan fingerprint density at radius 3 is 2.62 bits per heavy atom. The number of Topliss-reactive ketones (excluding diaryl/α,β-unsaturated/α-hetero) is 1. The highest BCUT2D eigenvalue weighted by atomic mass is 79.9. The van der Waals surface area contributed by atoms with Crippen LogP contribution < -0.4 is 0 Å². The summed E-state index contributed by atoms with van der Waals surface area (Å²) < 4.78 is 43.7. The predicted molar refractivity (Wildman–Crippen MR) is 88.9 cm³/mol. The predicted octanol–water partition coefficient (Wildman–Crippen LogP) is 3.74. The molecule has 1 aliphatic heterocycles. The molecule has 5 nitrogen and oxygen atoms in total. The molecule has 2 unspecified atom stereocenters. The van der Waals surface area contributed by atoms with Crippen molar-refractivity contribution in [1.82, 2.24) is 0 Å². The zero-order valence-corrected chi connectivity index (χ0v) is 15.3. The van der Waals surface area contributed by atoms with Crippen LogP contribution in [-0.2, 0) is 25.9 Å². The molecule has 0 spiro atoms. The largest absolute Gasteiger partial charge is 0.468 e. The minimum atomic E-state index is -4.53. The van der Waals surface area contributed by atoms with E-state index in [-0.39, 0.29) is 22.4 Å². The van der Waals surface area contributed by atoms with Crippen molar-refractivity contribution in [3.05, 3.63) is 34.9 Å². The van der Waals surface area contributed by atoms with Crippen LogP contribution in [0.25, 0.3) is 0 Å². The lowest BCUT2D eigenvalue weighted by molar-refractivity contribution is -0.151. The Labute approximate surface area is 155 Å². The van der Waals surface area contributed by atoms with Gasteiger partial charge < -0.3 is 9.57 Å². The summed E-state index contributed by atoms with van der Waals surface area (Å²) in [5, 5.41) is 3.68. The molecule has 1 aromatic carbocycles. The van der Waals surface area contributed by atoms with Crippen LogP contribution in [0.2, 0.25) is 0 Å². The molecule has 1 aliphatic carbocycles. The van der Waals surface area contributed by atoms with Gasteiger partial charge >= 0.3 is 12.1 Å². The number of nitrogens with zero attached hydrogens (tertiary/aromatic N) is 1. The van der Waals surface area contributed by atoms with E-state index < -0.39 is 35.0 Å². The molecule has 2 atom stereocenters. The van der Waals surface area contributed by atoms with Gasteiger partial charge in [-0.15, -0.1) is 0 Å². The van der Waals surface area contributed by atoms with E-state index in [1.165, 1.54) is 0 Å². The summed E-state index contributed by atoms with van der Waals surface area (Å²) in [7, 11) is 1.14. The van der Waals surface area contributed by atoms with E-state index in [1.807, 2.05) is 0 Å². The topological polar surface area (TPSA) is 65.0 Å². The third kappa shape index (κ3) is 3.02. The van der Waals surface area contributed by atoms with E-state index in [1.54, 1.807) is 0 Å². The number of methoxy groups -OCH3 is 1. The highest BCUT2D eigenvalue weighted by Crippen LogP contribution is 2.47. The molecule has 1 fully saturated rings. The van der Waals surface area contributed by atoms with Crippen molar-refractivity contribution in [3.8, 4) is 0 Å². The molecule has 0 aromatic heterocycles. The van der Waals surface area contributed by atoms with Crippen LogP contribution in [0.5, 0.6) is 0 Å². The number of carbonyl (C=O) groups excluding carboxylic acids is 2. The molecular weight excluding hydrogens is 419 g/mol. The average molecular weight is 434 g/mol. The molecule has 0 saturated heterocycles. The Balaban J connectivity index is 2.08. The molecule has 0 N–H and O–H groups in total. The number of benzene rings is 1. The SMILES string of the molecule is COC(=O)C1(C(=O)c2ccc(C(F)(F)F)cc2CBr)C=NOC1C1CC1. The van der Waals surface area contributed by atoms with Gasteiger partial charge in [-0.3, -0.25) is 9.59 Å². The van der Waals surface area contributed by atoms with Crippen LogP contribution in [0.15, 0.2) is 23.4 Å². The second-order valence-corrected chi connectivity index (χ2v) is 6.85. The van der Waals surface area contributed by atoms with E-state index in [0.717, 1.165) is 44.4 Å². The second-order valence-electron chi connectivity index (χ2n) is 6.29. The maximum atomic E-state index is 13.3. The Morgan fingerprint density at radius 2 is 2.08 bits per heavy atom. The van der Waals surface area contributed by atoms with E-state index in [9.17, 15) is 22.8 Å². The van der Waals surface area contributed by atoms with Gasteiger partial charge in [-0.05, 0) is 30.5 Å². The third-order valence-electron chi connectivity index (χ3n) is 4.65. The van der Waals surface area contributed by atoms with Crippen LogP contribution in [0.4, 0.5) is 13.2 Å². The van der Waals surface area contributed by atoms with Crippen molar-refractivity contribution in [3.63, 3.8) is 0 Å². The number of carbonyl (C=O) groups is 2. The molecule has 1 aromatic rings. The zero-order chi connectivity index (χ0) is 19.1. The van der Waals surface area contributed by atoms with Crippen molar-refractivity contribution in [2.75, 3.05) is 7.11 Å². The fraction of sp³-hybridized carbons (Fsp3) is 0.471. The average Bonchev–Trinajstić information content (AvgIpc) is 3.37. The van der Waals surface area contributed by atoms with Crippen LogP contribution >= 0.6 is 15.9 Å². The van der Waals surface area contributed by atoms with Crippen LogP contribution in [0.3, 0.4) is 0 Å². The van der Waals surface area contributed by atoms with Crippen molar-refractivity contribution in [2.24, 2.45) is 16.5 Å². The standard InChI is InChI=1S/C17H15BrF3NO4/c1-25-15(24)16(8-22-26-14(16)9-2-3-9)13(23)12-5-4-11(17(19,20)21)6-10(12)7-18/h4-6,8-9,14H,2-3,7H2,1H3. The van der Waals surface area contributed by atoms with E-state index >= 15 is 0 Å². The Bertz CT molecular complexity index is 776. The van der Waals surface area contributed by atoms with Crippen molar-refractivity contribution >= 4 is 33.9 Å². The fourth-order valence-electron chi connectivity index (χ4n) is 3.14. The number of halogens is 4. The van der Waals surface area contributed by atoms with Crippen molar-refractivity contribution < 1.29 is 32.3 Å².